The highest BCUT2D eigenvalue weighted by Gasteiger charge is 2.23. The van der Waals surface area contributed by atoms with Gasteiger partial charge in [0.15, 0.2) is 0 Å². The topological polar surface area (TPSA) is 268 Å². The summed E-state index contributed by atoms with van der Waals surface area (Å²) in [4.78, 5) is 58.9. The van der Waals surface area contributed by atoms with Crippen LogP contribution in [0.1, 0.15) is 103 Å². The fourth-order valence-corrected chi connectivity index (χ4v) is 6.66. The number of nitrogen functional groups attached to an aromatic ring is 1. The average molecular weight is 840 g/mol. The minimum absolute atomic E-state index is 0.0304. The normalized spacial score (nSPS) is 14.7. The number of hydrogen-bond acceptors (Lipinski definition) is 13. The third-order valence-electron chi connectivity index (χ3n) is 8.39. The van der Waals surface area contributed by atoms with Gasteiger partial charge in [-0.2, -0.15) is 4.98 Å². The van der Waals surface area contributed by atoms with Crippen molar-refractivity contribution >= 4 is 20.8 Å². The fourth-order valence-electron chi connectivity index (χ4n) is 5.28. The number of nitrogens with one attached hydrogen (secondary N) is 1. The van der Waals surface area contributed by atoms with Crippen LogP contribution in [0.4, 0.5) is 5.82 Å². The average Bonchev–Trinajstić information content (AvgIpc) is 3.14. The maximum absolute atomic E-state index is 12.2. The molecule has 0 fully saturated rings. The second-order valence-electron chi connectivity index (χ2n) is 13.8. The van der Waals surface area contributed by atoms with Gasteiger partial charge in [-0.3, -0.25) is 28.0 Å². The zero-order valence-electron chi connectivity index (χ0n) is 33.2. The lowest BCUT2D eigenvalue weighted by Gasteiger charge is -2.19. The van der Waals surface area contributed by atoms with Gasteiger partial charge in [0.05, 0.1) is 45.1 Å². The zero-order chi connectivity index (χ0) is 41.7. The highest BCUT2D eigenvalue weighted by Crippen LogP contribution is 2.42. The molecule has 0 radical (unpaired) electrons. The number of anilines is 1. The molecule has 0 saturated heterocycles. The lowest BCUT2D eigenvalue weighted by atomic mass is 10.0. The van der Waals surface area contributed by atoms with Gasteiger partial charge in [0, 0.05) is 38.3 Å². The van der Waals surface area contributed by atoms with E-state index in [0.717, 1.165) is 30.1 Å². The Morgan fingerprint density at radius 2 is 1.23 bits per heavy atom. The molecular formula is C36H67N5O13P2. The Morgan fingerprint density at radius 3 is 1.75 bits per heavy atom. The molecule has 18 nitrogen and oxygen atoms in total. The molecule has 2 rings (SSSR count). The van der Waals surface area contributed by atoms with Gasteiger partial charge in [-0.25, -0.2) is 9.59 Å². The second kappa shape index (κ2) is 30.6. The minimum atomic E-state index is -4.01. The number of aromatic nitrogens is 4. The van der Waals surface area contributed by atoms with E-state index >= 15 is 0 Å². The van der Waals surface area contributed by atoms with E-state index in [1.165, 1.54) is 100 Å². The Hall–Kier alpha value is -2.50. The van der Waals surface area contributed by atoms with Crippen molar-refractivity contribution in [2.75, 3.05) is 58.1 Å². The zero-order valence-corrected chi connectivity index (χ0v) is 35.0. The first kappa shape index (κ1) is 51.5. The summed E-state index contributed by atoms with van der Waals surface area (Å²) in [6.45, 7) is 3.69. The van der Waals surface area contributed by atoms with Crippen LogP contribution in [-0.2, 0) is 41.0 Å². The monoisotopic (exact) mass is 839 g/mol. The molecule has 20 heteroatoms. The summed E-state index contributed by atoms with van der Waals surface area (Å²) in [5.74, 6) is 0.103. The standard InChI is InChI=1S/C27H51N2O8P.C9H16N3O5P/c1-2-3-4-5-6-7-8-9-10-11-12-13-14-15-19-35-20-16-21-37-38(33,34)24-36-25(23-30)22-29-18-17-26(31)28-27(29)32;1-18(15,16)6-17-7(5-13)4-12-3-2-8(10)11-9(12)14/h17-18,25,30H,2-16,19-24H2,1H3,(H,33,34)(H,28,31,32);2-3,7,13H,4-6H2,1H3,(H,15,16)(H2,10,11,14)/t25-;7-/m00/s1. The number of ether oxygens (including phenoxy) is 3. The minimum Gasteiger partial charge on any atom is -0.394 e. The maximum Gasteiger partial charge on any atom is 0.353 e. The van der Waals surface area contributed by atoms with E-state index < -0.39 is 57.1 Å². The summed E-state index contributed by atoms with van der Waals surface area (Å²) >= 11 is 0. The van der Waals surface area contributed by atoms with E-state index in [-0.39, 0.29) is 38.5 Å². The first-order valence-corrected chi connectivity index (χ1v) is 23.7. The van der Waals surface area contributed by atoms with Crippen molar-refractivity contribution in [2.45, 2.75) is 129 Å². The van der Waals surface area contributed by atoms with Crippen LogP contribution >= 0.6 is 15.0 Å². The smallest absolute Gasteiger partial charge is 0.353 e. The Labute approximate surface area is 329 Å². The van der Waals surface area contributed by atoms with Crippen LogP contribution in [-0.4, -0.2) is 104 Å². The predicted molar refractivity (Wildman–Crippen MR) is 215 cm³/mol. The second-order valence-corrected chi connectivity index (χ2v) is 18.0. The number of aliphatic hydroxyl groups is 2. The summed E-state index contributed by atoms with van der Waals surface area (Å²) in [5, 5.41) is 18.5. The summed E-state index contributed by atoms with van der Waals surface area (Å²) in [6, 6.07) is 2.60. The van der Waals surface area contributed by atoms with Gasteiger partial charge >= 0.3 is 19.0 Å². The molecule has 0 amide bonds. The van der Waals surface area contributed by atoms with Crippen molar-refractivity contribution in [3.8, 4) is 0 Å². The fraction of sp³-hybridized carbons (Fsp3) is 0.778. The summed E-state index contributed by atoms with van der Waals surface area (Å²) in [6.07, 6.45) is 18.9. The van der Waals surface area contributed by atoms with E-state index in [1.54, 1.807) is 0 Å². The predicted octanol–water partition coefficient (Wildman–Crippen LogP) is 4.02. The van der Waals surface area contributed by atoms with Gasteiger partial charge in [0.1, 0.15) is 18.5 Å². The van der Waals surface area contributed by atoms with Crippen LogP contribution < -0.4 is 22.7 Å². The number of aromatic amines is 1. The van der Waals surface area contributed by atoms with E-state index in [9.17, 15) is 33.5 Å². The molecule has 0 aliphatic heterocycles. The van der Waals surface area contributed by atoms with Crippen LogP contribution in [0.3, 0.4) is 0 Å². The Balaban J connectivity index is 0.000000724. The molecule has 2 heterocycles. The number of aliphatic hydroxyl groups excluding tert-OH is 2. The number of nitrogens with zero attached hydrogens (tertiary/aromatic N) is 3. The molecule has 2 aromatic heterocycles. The molecular weight excluding hydrogens is 772 g/mol. The number of hydrogen-bond donors (Lipinski definition) is 6. The van der Waals surface area contributed by atoms with Crippen molar-refractivity contribution in [3.05, 3.63) is 55.8 Å². The quantitative estimate of drug-likeness (QED) is 0.0449. The van der Waals surface area contributed by atoms with Gasteiger partial charge in [-0.1, -0.05) is 90.4 Å². The molecule has 4 atom stereocenters. The molecule has 2 unspecified atom stereocenters. The van der Waals surface area contributed by atoms with Crippen molar-refractivity contribution < 1.29 is 47.9 Å². The molecule has 7 N–H and O–H groups in total. The maximum atomic E-state index is 12.2. The first-order valence-electron chi connectivity index (χ1n) is 19.6. The van der Waals surface area contributed by atoms with Gasteiger partial charge < -0.3 is 44.5 Å². The van der Waals surface area contributed by atoms with Crippen LogP contribution in [0.25, 0.3) is 0 Å². The van der Waals surface area contributed by atoms with Crippen LogP contribution in [0.2, 0.25) is 0 Å². The molecule has 0 aliphatic rings. The van der Waals surface area contributed by atoms with Crippen LogP contribution in [0, 0.1) is 0 Å². The van der Waals surface area contributed by atoms with Crippen molar-refractivity contribution in [3.63, 3.8) is 0 Å². The largest absolute Gasteiger partial charge is 0.394 e. The van der Waals surface area contributed by atoms with E-state index in [4.69, 9.17) is 34.5 Å². The summed E-state index contributed by atoms with van der Waals surface area (Å²) in [7, 11) is -7.32. The SMILES string of the molecule is CCCCCCCCCCCCCCCCOCCCOP(=O)(O)CO[C@H](CO)Cn1ccc(=O)[nH]c1=O.CP(=O)(O)CO[C@H](CO)Cn1ccc(N)nc1=O. The number of H-pyrrole nitrogens is 1. The van der Waals surface area contributed by atoms with E-state index in [2.05, 4.69) is 16.9 Å². The Bertz CT molecular complexity index is 1580. The number of rotatable bonds is 32. The molecule has 0 spiro atoms. The van der Waals surface area contributed by atoms with E-state index in [1.807, 2.05) is 0 Å². The molecule has 0 aliphatic carbocycles. The molecule has 0 bridgehead atoms. The highest BCUT2D eigenvalue weighted by molar-refractivity contribution is 7.56. The van der Waals surface area contributed by atoms with Gasteiger partial charge in [0.25, 0.3) is 5.56 Å². The highest BCUT2D eigenvalue weighted by atomic mass is 31.2. The van der Waals surface area contributed by atoms with Gasteiger partial charge in [0.2, 0.25) is 7.37 Å². The van der Waals surface area contributed by atoms with Gasteiger partial charge in [-0.05, 0) is 18.9 Å². The molecule has 0 aromatic carbocycles. The molecule has 324 valence electrons. The molecule has 56 heavy (non-hydrogen) atoms. The van der Waals surface area contributed by atoms with Gasteiger partial charge in [-0.15, -0.1) is 0 Å². The summed E-state index contributed by atoms with van der Waals surface area (Å²) in [5.41, 5.74) is 3.57. The lowest BCUT2D eigenvalue weighted by molar-refractivity contribution is 0.0162. The third-order valence-corrected chi connectivity index (χ3v) is 10.1. The van der Waals surface area contributed by atoms with Crippen molar-refractivity contribution in [1.82, 2.24) is 19.1 Å². The molecule has 2 aromatic rings. The number of unbranched alkanes of at least 4 members (excludes halogenated alkanes) is 13. The Morgan fingerprint density at radius 1 is 0.732 bits per heavy atom. The molecule has 0 saturated carbocycles. The van der Waals surface area contributed by atoms with Crippen molar-refractivity contribution in [2.24, 2.45) is 0 Å². The Kier molecular flexibility index (Phi) is 28.1. The number of nitrogens with two attached hydrogens (primary N) is 1. The first-order chi connectivity index (χ1) is 26.7. The summed E-state index contributed by atoms with van der Waals surface area (Å²) < 4.78 is 46.5. The van der Waals surface area contributed by atoms with E-state index in [0.29, 0.717) is 19.6 Å². The van der Waals surface area contributed by atoms with Crippen molar-refractivity contribution in [1.29, 1.82) is 0 Å². The lowest BCUT2D eigenvalue weighted by Crippen LogP contribution is -2.34. The van der Waals surface area contributed by atoms with Crippen LogP contribution in [0.15, 0.2) is 38.9 Å². The van der Waals surface area contributed by atoms with Crippen LogP contribution in [0.5, 0.6) is 0 Å². The third kappa shape index (κ3) is 27.2.